The van der Waals surface area contributed by atoms with Crippen molar-refractivity contribution in [1.29, 1.82) is 0 Å². The molecule has 6 nitrogen and oxygen atoms in total. The zero-order chi connectivity index (χ0) is 18.4. The van der Waals surface area contributed by atoms with E-state index in [1.165, 1.54) is 31.3 Å². The van der Waals surface area contributed by atoms with Crippen LogP contribution in [0, 0.1) is 0 Å². The molecule has 0 bridgehead atoms. The number of phenolic OH excluding ortho intramolecular Hbond substituents is 2. The molecule has 2 aromatic carbocycles. The number of carbonyl (C=O) groups is 1. The lowest BCUT2D eigenvalue weighted by atomic mass is 10.1. The second-order valence-corrected chi connectivity index (χ2v) is 5.47. The molecule has 25 heavy (non-hydrogen) atoms. The first-order valence-electron chi connectivity index (χ1n) is 7.60. The molecule has 0 aliphatic rings. The predicted octanol–water partition coefficient (Wildman–Crippen LogP) is 2.79. The average molecular weight is 343 g/mol. The highest BCUT2D eigenvalue weighted by Crippen LogP contribution is 2.27. The molecule has 0 unspecified atom stereocenters. The number of nitrogens with zero attached hydrogens (tertiary/aromatic N) is 1. The number of carbonyl (C=O) groups excluding carboxylic acids is 1. The Morgan fingerprint density at radius 1 is 1.04 bits per heavy atom. The molecule has 2 aromatic rings. The first kappa shape index (κ1) is 18.2. The van der Waals surface area contributed by atoms with Gasteiger partial charge in [0.15, 0.2) is 23.0 Å². The van der Waals surface area contributed by atoms with Gasteiger partial charge in [-0.15, -0.1) is 0 Å². The number of benzene rings is 2. The minimum Gasteiger partial charge on any atom is -0.504 e. The Morgan fingerprint density at radius 2 is 1.64 bits per heavy atom. The van der Waals surface area contributed by atoms with E-state index in [1.54, 1.807) is 43.5 Å². The summed E-state index contributed by atoms with van der Waals surface area (Å²) in [5, 5.41) is 19.5. The van der Waals surface area contributed by atoms with Crippen LogP contribution in [0.25, 0.3) is 6.08 Å². The van der Waals surface area contributed by atoms with Crippen LogP contribution >= 0.6 is 0 Å². The lowest BCUT2D eigenvalue weighted by molar-refractivity contribution is -0.125. The summed E-state index contributed by atoms with van der Waals surface area (Å²) in [6, 6.07) is 9.89. The summed E-state index contributed by atoms with van der Waals surface area (Å²) in [6.07, 6.45) is 3.04. The van der Waals surface area contributed by atoms with Gasteiger partial charge in [0.05, 0.1) is 14.2 Å². The highest BCUT2D eigenvalue weighted by molar-refractivity contribution is 5.91. The second-order valence-electron chi connectivity index (χ2n) is 5.47. The Labute approximate surface area is 146 Å². The molecule has 0 saturated heterocycles. The van der Waals surface area contributed by atoms with Gasteiger partial charge in [-0.05, 0) is 41.5 Å². The van der Waals surface area contributed by atoms with Gasteiger partial charge in [-0.25, -0.2) is 0 Å². The molecule has 0 fully saturated rings. The van der Waals surface area contributed by atoms with Crippen molar-refractivity contribution in [3.05, 3.63) is 53.6 Å². The normalized spacial score (nSPS) is 10.7. The summed E-state index contributed by atoms with van der Waals surface area (Å²) in [5.41, 5.74) is 1.46. The van der Waals surface area contributed by atoms with Crippen LogP contribution in [0.4, 0.5) is 0 Å². The third-order valence-electron chi connectivity index (χ3n) is 3.66. The maximum atomic E-state index is 12.2. The molecular weight excluding hydrogens is 322 g/mol. The van der Waals surface area contributed by atoms with Crippen LogP contribution in [0.3, 0.4) is 0 Å². The van der Waals surface area contributed by atoms with Gasteiger partial charge < -0.3 is 24.6 Å². The number of phenols is 2. The maximum absolute atomic E-state index is 12.2. The van der Waals surface area contributed by atoms with Crippen molar-refractivity contribution in [3.63, 3.8) is 0 Å². The Kier molecular flexibility index (Phi) is 5.89. The monoisotopic (exact) mass is 343 g/mol. The fourth-order valence-electron chi connectivity index (χ4n) is 2.29. The molecule has 132 valence electrons. The maximum Gasteiger partial charge on any atom is 0.246 e. The van der Waals surface area contributed by atoms with Gasteiger partial charge in [0.1, 0.15) is 0 Å². The molecule has 0 atom stereocenters. The molecule has 2 rings (SSSR count). The van der Waals surface area contributed by atoms with E-state index in [-0.39, 0.29) is 17.4 Å². The summed E-state index contributed by atoms with van der Waals surface area (Å²) in [4.78, 5) is 13.7. The van der Waals surface area contributed by atoms with E-state index < -0.39 is 0 Å². The summed E-state index contributed by atoms with van der Waals surface area (Å²) < 4.78 is 9.97. The molecular formula is C19H21NO5. The highest BCUT2D eigenvalue weighted by atomic mass is 16.5. The number of amides is 1. The molecule has 6 heteroatoms. The third kappa shape index (κ3) is 4.67. The van der Waals surface area contributed by atoms with Crippen molar-refractivity contribution in [2.45, 2.75) is 6.54 Å². The Bertz CT molecular complexity index is 785. The smallest absolute Gasteiger partial charge is 0.246 e. The molecule has 1 amide bonds. The highest BCUT2D eigenvalue weighted by Gasteiger charge is 2.09. The minimum absolute atomic E-state index is 0.0131. The molecule has 0 aromatic heterocycles. The summed E-state index contributed by atoms with van der Waals surface area (Å²) in [5.74, 6) is 0.603. The lowest BCUT2D eigenvalue weighted by Gasteiger charge is -2.16. The Hall–Kier alpha value is -3.15. The molecule has 0 radical (unpaired) electrons. The number of hydrogen-bond donors (Lipinski definition) is 2. The minimum atomic E-state index is -0.203. The number of rotatable bonds is 6. The number of likely N-dealkylation sites (N-methyl/N-ethyl adjacent to an activating group) is 1. The van der Waals surface area contributed by atoms with Crippen molar-refractivity contribution in [1.82, 2.24) is 4.90 Å². The van der Waals surface area contributed by atoms with Crippen molar-refractivity contribution >= 4 is 12.0 Å². The molecule has 0 saturated carbocycles. The number of hydrogen-bond acceptors (Lipinski definition) is 5. The van der Waals surface area contributed by atoms with Crippen LogP contribution < -0.4 is 9.47 Å². The number of methoxy groups -OCH3 is 2. The molecule has 0 aliphatic carbocycles. The molecule has 0 spiro atoms. The van der Waals surface area contributed by atoms with Crippen LogP contribution in [-0.2, 0) is 11.3 Å². The van der Waals surface area contributed by atoms with E-state index in [4.69, 9.17) is 9.47 Å². The summed E-state index contributed by atoms with van der Waals surface area (Å²) in [7, 11) is 4.62. The first-order chi connectivity index (χ1) is 11.9. The largest absolute Gasteiger partial charge is 0.504 e. The zero-order valence-electron chi connectivity index (χ0n) is 14.4. The summed E-state index contributed by atoms with van der Waals surface area (Å²) >= 11 is 0. The Balaban J connectivity index is 2.02. The van der Waals surface area contributed by atoms with Gasteiger partial charge in [0, 0.05) is 19.7 Å². The lowest BCUT2D eigenvalue weighted by Crippen LogP contribution is -2.24. The molecule has 2 N–H and O–H groups in total. The van der Waals surface area contributed by atoms with E-state index in [0.717, 1.165) is 5.56 Å². The average Bonchev–Trinajstić information content (AvgIpc) is 2.60. The van der Waals surface area contributed by atoms with Crippen molar-refractivity contribution < 1.29 is 24.5 Å². The molecule has 0 heterocycles. The van der Waals surface area contributed by atoms with Crippen LogP contribution in [0.2, 0.25) is 0 Å². The Morgan fingerprint density at radius 3 is 2.20 bits per heavy atom. The SMILES string of the molecule is COc1ccc(C=CC(=O)N(C)Cc2ccc(OC)c(O)c2)cc1O. The van der Waals surface area contributed by atoms with Crippen LogP contribution in [0.1, 0.15) is 11.1 Å². The van der Waals surface area contributed by atoms with Crippen LogP contribution in [-0.4, -0.2) is 42.3 Å². The van der Waals surface area contributed by atoms with Gasteiger partial charge in [-0.2, -0.15) is 0 Å². The van der Waals surface area contributed by atoms with E-state index in [0.29, 0.717) is 23.6 Å². The second kappa shape index (κ2) is 8.10. The fourth-order valence-corrected chi connectivity index (χ4v) is 2.29. The van der Waals surface area contributed by atoms with Gasteiger partial charge >= 0.3 is 0 Å². The van der Waals surface area contributed by atoms with E-state index in [1.807, 2.05) is 0 Å². The van der Waals surface area contributed by atoms with Gasteiger partial charge in [-0.1, -0.05) is 12.1 Å². The van der Waals surface area contributed by atoms with Crippen LogP contribution in [0.5, 0.6) is 23.0 Å². The summed E-state index contributed by atoms with van der Waals surface area (Å²) in [6.45, 7) is 0.342. The number of ether oxygens (including phenoxy) is 2. The van der Waals surface area contributed by atoms with Crippen molar-refractivity contribution in [3.8, 4) is 23.0 Å². The zero-order valence-corrected chi connectivity index (χ0v) is 14.4. The van der Waals surface area contributed by atoms with E-state index in [2.05, 4.69) is 0 Å². The van der Waals surface area contributed by atoms with E-state index >= 15 is 0 Å². The topological polar surface area (TPSA) is 79.2 Å². The fraction of sp³-hybridized carbons (Fsp3) is 0.211. The van der Waals surface area contributed by atoms with Gasteiger partial charge in [0.2, 0.25) is 5.91 Å². The standard InChI is InChI=1S/C19H21NO5/c1-20(12-14-5-8-18(25-3)16(22)11-14)19(23)9-6-13-4-7-17(24-2)15(21)10-13/h4-11,21-22H,12H2,1-3H3. The van der Waals surface area contributed by atoms with E-state index in [9.17, 15) is 15.0 Å². The van der Waals surface area contributed by atoms with Gasteiger partial charge in [-0.3, -0.25) is 4.79 Å². The third-order valence-corrected chi connectivity index (χ3v) is 3.66. The van der Waals surface area contributed by atoms with Gasteiger partial charge in [0.25, 0.3) is 0 Å². The first-order valence-corrected chi connectivity index (χ1v) is 7.60. The quantitative estimate of drug-likeness (QED) is 0.789. The van der Waals surface area contributed by atoms with Crippen molar-refractivity contribution in [2.75, 3.05) is 21.3 Å². The predicted molar refractivity (Wildman–Crippen MR) is 94.8 cm³/mol. The van der Waals surface area contributed by atoms with Crippen molar-refractivity contribution in [2.24, 2.45) is 0 Å². The van der Waals surface area contributed by atoms with Crippen LogP contribution in [0.15, 0.2) is 42.5 Å². The molecule has 0 aliphatic heterocycles. The number of aromatic hydroxyl groups is 2.